The van der Waals surface area contributed by atoms with Gasteiger partial charge in [0.15, 0.2) is 0 Å². The zero-order chi connectivity index (χ0) is 13.3. The SMILES string of the molecule is CC(C)(C)C(=O)CCC1CCCC1(O)[P+](=O)[O-]. The molecule has 0 heterocycles. The van der Waals surface area contributed by atoms with Crippen molar-refractivity contribution in [2.75, 3.05) is 0 Å². The Morgan fingerprint density at radius 1 is 1.53 bits per heavy atom. The van der Waals surface area contributed by atoms with E-state index in [2.05, 4.69) is 0 Å². The summed E-state index contributed by atoms with van der Waals surface area (Å²) in [6, 6.07) is 0. The first-order chi connectivity index (χ1) is 7.68. The third-order valence-corrected chi connectivity index (χ3v) is 4.84. The first kappa shape index (κ1) is 14.7. The van der Waals surface area contributed by atoms with Crippen molar-refractivity contribution < 1.29 is 19.4 Å². The van der Waals surface area contributed by atoms with E-state index in [0.29, 0.717) is 32.1 Å². The lowest BCUT2D eigenvalue weighted by atomic mass is 9.85. The largest absolute Gasteiger partial charge is 0.593 e. The van der Waals surface area contributed by atoms with Crippen molar-refractivity contribution in [3.05, 3.63) is 0 Å². The molecule has 98 valence electrons. The van der Waals surface area contributed by atoms with Crippen LogP contribution in [0.3, 0.4) is 0 Å². The summed E-state index contributed by atoms with van der Waals surface area (Å²) in [6.45, 7) is 5.55. The fraction of sp³-hybridized carbons (Fsp3) is 0.917. The summed E-state index contributed by atoms with van der Waals surface area (Å²) < 4.78 is 11.1. The number of aliphatic hydroxyl groups is 1. The number of rotatable bonds is 4. The Kier molecular flexibility index (Phi) is 4.45. The predicted molar refractivity (Wildman–Crippen MR) is 63.6 cm³/mol. The molecule has 1 fully saturated rings. The highest BCUT2D eigenvalue weighted by Crippen LogP contribution is 2.49. The summed E-state index contributed by atoms with van der Waals surface area (Å²) in [5, 5.41) is 8.46. The van der Waals surface area contributed by atoms with Crippen LogP contribution < -0.4 is 4.89 Å². The molecule has 3 unspecified atom stereocenters. The van der Waals surface area contributed by atoms with E-state index in [4.69, 9.17) is 0 Å². The van der Waals surface area contributed by atoms with Gasteiger partial charge in [-0.1, -0.05) is 25.3 Å². The molecule has 1 saturated carbocycles. The van der Waals surface area contributed by atoms with Crippen LogP contribution in [0.4, 0.5) is 0 Å². The minimum Gasteiger partial charge on any atom is -0.593 e. The van der Waals surface area contributed by atoms with Crippen molar-refractivity contribution in [1.29, 1.82) is 0 Å². The second-order valence-electron chi connectivity index (χ2n) is 5.94. The Morgan fingerprint density at radius 3 is 2.59 bits per heavy atom. The van der Waals surface area contributed by atoms with E-state index in [1.165, 1.54) is 0 Å². The summed E-state index contributed by atoms with van der Waals surface area (Å²) in [5.74, 6) is -0.164. The minimum atomic E-state index is -2.84. The van der Waals surface area contributed by atoms with E-state index in [1.807, 2.05) is 20.8 Å². The molecule has 1 aliphatic rings. The Bertz CT molecular complexity index is 321. The molecule has 0 aliphatic heterocycles. The van der Waals surface area contributed by atoms with Crippen LogP contribution in [0, 0.1) is 11.3 Å². The third-order valence-electron chi connectivity index (χ3n) is 3.62. The summed E-state index contributed by atoms with van der Waals surface area (Å²) in [4.78, 5) is 22.8. The summed E-state index contributed by atoms with van der Waals surface area (Å²) in [7, 11) is -2.84. The molecule has 5 heteroatoms. The second kappa shape index (κ2) is 5.13. The number of Topliss-reactive ketones (excluding diaryl/α,β-unsaturated/α-hetero) is 1. The molecule has 1 N–H and O–H groups in total. The van der Waals surface area contributed by atoms with Gasteiger partial charge < -0.3 is 10.00 Å². The monoisotopic (exact) mass is 260 g/mol. The molecule has 0 amide bonds. The topological polar surface area (TPSA) is 77.4 Å². The van der Waals surface area contributed by atoms with E-state index in [0.717, 1.165) is 0 Å². The fourth-order valence-corrected chi connectivity index (χ4v) is 3.24. The van der Waals surface area contributed by atoms with Gasteiger partial charge in [0.2, 0.25) is 0 Å². The molecule has 0 radical (unpaired) electrons. The fourth-order valence-electron chi connectivity index (χ4n) is 2.34. The molecule has 0 aromatic rings. The molecule has 1 rings (SSSR count). The van der Waals surface area contributed by atoms with Crippen LogP contribution >= 0.6 is 8.03 Å². The Hall–Kier alpha value is -0.310. The number of ketones is 1. The predicted octanol–water partition coefficient (Wildman–Crippen LogP) is 1.97. The Labute approximate surface area is 103 Å². The number of hydrogen-bond donors (Lipinski definition) is 1. The van der Waals surface area contributed by atoms with Crippen molar-refractivity contribution in [3.63, 3.8) is 0 Å². The quantitative estimate of drug-likeness (QED) is 0.784. The highest BCUT2D eigenvalue weighted by molar-refractivity contribution is 7.38. The third kappa shape index (κ3) is 3.34. The van der Waals surface area contributed by atoms with Gasteiger partial charge in [-0.3, -0.25) is 4.79 Å². The van der Waals surface area contributed by atoms with E-state index in [1.54, 1.807) is 0 Å². The van der Waals surface area contributed by atoms with Gasteiger partial charge in [0.1, 0.15) is 5.78 Å². The van der Waals surface area contributed by atoms with Crippen LogP contribution in [-0.2, 0) is 9.36 Å². The van der Waals surface area contributed by atoms with E-state index in [9.17, 15) is 19.4 Å². The molecule has 0 spiro atoms. The zero-order valence-corrected chi connectivity index (χ0v) is 11.6. The van der Waals surface area contributed by atoms with Gasteiger partial charge in [-0.25, -0.2) is 0 Å². The molecule has 17 heavy (non-hydrogen) atoms. The first-order valence-corrected chi connectivity index (χ1v) is 7.26. The summed E-state index contributed by atoms with van der Waals surface area (Å²) in [6.07, 6.45) is 2.53. The molecule has 3 atom stereocenters. The summed E-state index contributed by atoms with van der Waals surface area (Å²) >= 11 is 0. The standard InChI is InChI=1S/C12H21O4P/c1-11(2,3)10(13)7-6-9-5-4-8-12(9,14)17(15)16/h9,14H,4-8H2,1-3H3. The lowest BCUT2D eigenvalue weighted by Gasteiger charge is -2.23. The number of hydrogen-bond acceptors (Lipinski definition) is 4. The Balaban J connectivity index is 2.58. The second-order valence-corrected chi connectivity index (χ2v) is 7.23. The molecular formula is C12H21O4P. The van der Waals surface area contributed by atoms with Crippen LogP contribution in [0.25, 0.3) is 0 Å². The molecule has 0 bridgehead atoms. The average molecular weight is 260 g/mol. The average Bonchev–Trinajstić information content (AvgIpc) is 2.56. The van der Waals surface area contributed by atoms with E-state index >= 15 is 0 Å². The molecule has 0 aromatic carbocycles. The molecule has 0 saturated heterocycles. The maximum absolute atomic E-state index is 11.8. The van der Waals surface area contributed by atoms with E-state index in [-0.39, 0.29) is 11.7 Å². The highest BCUT2D eigenvalue weighted by Gasteiger charge is 2.51. The normalized spacial score (nSPS) is 30.4. The van der Waals surface area contributed by atoms with Crippen molar-refractivity contribution in [2.45, 2.75) is 58.2 Å². The van der Waals surface area contributed by atoms with Gasteiger partial charge in [-0.2, -0.15) is 0 Å². The lowest BCUT2D eigenvalue weighted by molar-refractivity contribution is -0.182. The molecule has 4 nitrogen and oxygen atoms in total. The maximum Gasteiger partial charge on any atom is 0.344 e. The van der Waals surface area contributed by atoms with Gasteiger partial charge in [0, 0.05) is 24.2 Å². The van der Waals surface area contributed by atoms with Crippen LogP contribution in [-0.4, -0.2) is 16.2 Å². The molecule has 0 aromatic heterocycles. The van der Waals surface area contributed by atoms with Gasteiger partial charge >= 0.3 is 8.03 Å². The summed E-state index contributed by atoms with van der Waals surface area (Å²) in [5.41, 5.74) is -0.392. The van der Waals surface area contributed by atoms with Gasteiger partial charge in [0.25, 0.3) is 5.34 Å². The minimum absolute atomic E-state index is 0.118. The van der Waals surface area contributed by atoms with E-state index < -0.39 is 18.8 Å². The number of carbonyl (C=O) groups excluding carboxylic acids is 1. The van der Waals surface area contributed by atoms with Crippen molar-refractivity contribution >= 4 is 13.8 Å². The van der Waals surface area contributed by atoms with Crippen LogP contribution in [0.2, 0.25) is 0 Å². The van der Waals surface area contributed by atoms with Crippen molar-refractivity contribution in [3.8, 4) is 0 Å². The van der Waals surface area contributed by atoms with Crippen LogP contribution in [0.1, 0.15) is 52.9 Å². The van der Waals surface area contributed by atoms with Crippen molar-refractivity contribution in [1.82, 2.24) is 0 Å². The van der Waals surface area contributed by atoms with Crippen LogP contribution in [0.15, 0.2) is 0 Å². The van der Waals surface area contributed by atoms with Gasteiger partial charge in [-0.05, 0) is 19.3 Å². The molecule has 1 aliphatic carbocycles. The first-order valence-electron chi connectivity index (χ1n) is 6.08. The zero-order valence-electron chi connectivity index (χ0n) is 10.7. The van der Waals surface area contributed by atoms with Gasteiger partial charge in [0.05, 0.1) is 0 Å². The highest BCUT2D eigenvalue weighted by atomic mass is 31.1. The smallest absolute Gasteiger partial charge is 0.344 e. The van der Waals surface area contributed by atoms with Gasteiger partial charge in [-0.15, -0.1) is 0 Å². The van der Waals surface area contributed by atoms with Crippen LogP contribution in [0.5, 0.6) is 0 Å². The lowest BCUT2D eigenvalue weighted by Crippen LogP contribution is -2.33. The van der Waals surface area contributed by atoms with Crippen molar-refractivity contribution in [2.24, 2.45) is 11.3 Å². The Morgan fingerprint density at radius 2 is 2.12 bits per heavy atom. The molecular weight excluding hydrogens is 239 g/mol. The maximum atomic E-state index is 11.8. The number of carbonyl (C=O) groups is 1.